The molecular formula is C13H13N3. The number of hydrogen-bond acceptors (Lipinski definition) is 2. The van der Waals surface area contributed by atoms with Crippen molar-refractivity contribution < 1.29 is 0 Å². The van der Waals surface area contributed by atoms with Gasteiger partial charge in [-0.1, -0.05) is 24.3 Å². The Kier molecular flexibility index (Phi) is 2.96. The summed E-state index contributed by atoms with van der Waals surface area (Å²) in [5.41, 5.74) is 8.88. The maximum Gasteiger partial charge on any atom is 0.125 e. The Morgan fingerprint density at radius 2 is 2.00 bits per heavy atom. The quantitative estimate of drug-likeness (QED) is 0.610. The van der Waals surface area contributed by atoms with Crippen molar-refractivity contribution in [2.45, 2.75) is 0 Å². The van der Waals surface area contributed by atoms with E-state index in [1.54, 1.807) is 13.2 Å². The van der Waals surface area contributed by atoms with Gasteiger partial charge in [0.25, 0.3) is 0 Å². The zero-order chi connectivity index (χ0) is 11.4. The molecule has 2 rings (SSSR count). The summed E-state index contributed by atoms with van der Waals surface area (Å²) in [6, 6.07) is 11.9. The Bertz CT molecular complexity index is 504. The van der Waals surface area contributed by atoms with E-state index in [1.165, 1.54) is 0 Å². The van der Waals surface area contributed by atoms with Crippen LogP contribution in [-0.4, -0.2) is 17.9 Å². The molecule has 0 amide bonds. The number of hydrogen-bond donors (Lipinski definition) is 1. The Morgan fingerprint density at radius 1 is 1.19 bits per heavy atom. The maximum absolute atomic E-state index is 5.78. The van der Waals surface area contributed by atoms with E-state index in [0.29, 0.717) is 5.84 Å². The van der Waals surface area contributed by atoms with E-state index in [-0.39, 0.29) is 0 Å². The van der Waals surface area contributed by atoms with E-state index in [2.05, 4.69) is 9.98 Å². The van der Waals surface area contributed by atoms with Crippen LogP contribution in [0.4, 0.5) is 0 Å². The van der Waals surface area contributed by atoms with Crippen molar-refractivity contribution in [1.29, 1.82) is 0 Å². The van der Waals surface area contributed by atoms with Crippen LogP contribution >= 0.6 is 0 Å². The second-order valence-electron chi connectivity index (χ2n) is 3.43. The van der Waals surface area contributed by atoms with Gasteiger partial charge >= 0.3 is 0 Å². The number of nitrogens with two attached hydrogens (primary N) is 1. The summed E-state index contributed by atoms with van der Waals surface area (Å²) in [7, 11) is 1.69. The molecule has 0 aliphatic heterocycles. The molecule has 1 heterocycles. The zero-order valence-corrected chi connectivity index (χ0v) is 9.09. The third-order valence-corrected chi connectivity index (χ3v) is 2.39. The minimum absolute atomic E-state index is 0.547. The first-order valence-corrected chi connectivity index (χ1v) is 5.04. The van der Waals surface area contributed by atoms with Gasteiger partial charge in [0.1, 0.15) is 5.84 Å². The molecule has 0 radical (unpaired) electrons. The monoisotopic (exact) mass is 211 g/mol. The van der Waals surface area contributed by atoms with E-state index < -0.39 is 0 Å². The van der Waals surface area contributed by atoms with Crippen LogP contribution in [0.3, 0.4) is 0 Å². The molecule has 80 valence electrons. The molecule has 1 aromatic carbocycles. The molecule has 3 heteroatoms. The second kappa shape index (κ2) is 4.57. The van der Waals surface area contributed by atoms with Crippen molar-refractivity contribution in [2.24, 2.45) is 10.7 Å². The van der Waals surface area contributed by atoms with Gasteiger partial charge in [-0.05, 0) is 17.7 Å². The van der Waals surface area contributed by atoms with Gasteiger partial charge < -0.3 is 5.73 Å². The highest BCUT2D eigenvalue weighted by atomic mass is 14.8. The predicted molar refractivity (Wildman–Crippen MR) is 66.3 cm³/mol. The average Bonchev–Trinajstić information content (AvgIpc) is 2.39. The largest absolute Gasteiger partial charge is 0.384 e. The first kappa shape index (κ1) is 10.4. The van der Waals surface area contributed by atoms with E-state index >= 15 is 0 Å². The summed E-state index contributed by atoms with van der Waals surface area (Å²) in [6.45, 7) is 0. The number of aliphatic imine (C=N–C) groups is 1. The van der Waals surface area contributed by atoms with Crippen LogP contribution in [-0.2, 0) is 0 Å². The van der Waals surface area contributed by atoms with Crippen LogP contribution in [0, 0.1) is 0 Å². The van der Waals surface area contributed by atoms with Crippen molar-refractivity contribution in [3.8, 4) is 11.1 Å². The summed E-state index contributed by atoms with van der Waals surface area (Å²) in [5, 5.41) is 0. The Balaban J connectivity index is 2.44. The zero-order valence-electron chi connectivity index (χ0n) is 9.09. The molecule has 0 unspecified atom stereocenters. The third kappa shape index (κ3) is 2.08. The highest BCUT2D eigenvalue weighted by molar-refractivity contribution is 5.98. The summed E-state index contributed by atoms with van der Waals surface area (Å²) in [4.78, 5) is 8.07. The van der Waals surface area contributed by atoms with Crippen molar-refractivity contribution in [3.05, 3.63) is 54.4 Å². The van der Waals surface area contributed by atoms with Crippen LogP contribution in [0.1, 0.15) is 5.56 Å². The average molecular weight is 211 g/mol. The number of pyridine rings is 1. The fourth-order valence-corrected chi connectivity index (χ4v) is 1.52. The normalized spacial score (nSPS) is 11.4. The van der Waals surface area contributed by atoms with E-state index in [0.717, 1.165) is 16.7 Å². The molecule has 0 spiro atoms. The van der Waals surface area contributed by atoms with Gasteiger partial charge in [0.05, 0.1) is 0 Å². The lowest BCUT2D eigenvalue weighted by atomic mass is 10.0. The number of benzene rings is 1. The van der Waals surface area contributed by atoms with Gasteiger partial charge in [0.2, 0.25) is 0 Å². The van der Waals surface area contributed by atoms with Crippen LogP contribution in [0.15, 0.2) is 53.8 Å². The smallest absolute Gasteiger partial charge is 0.125 e. The Labute approximate surface area is 94.7 Å². The van der Waals surface area contributed by atoms with Crippen molar-refractivity contribution in [3.63, 3.8) is 0 Å². The van der Waals surface area contributed by atoms with Gasteiger partial charge in [-0.3, -0.25) is 9.98 Å². The molecule has 2 aromatic rings. The van der Waals surface area contributed by atoms with Crippen LogP contribution < -0.4 is 5.73 Å². The maximum atomic E-state index is 5.78. The molecule has 16 heavy (non-hydrogen) atoms. The van der Waals surface area contributed by atoms with Gasteiger partial charge in [0, 0.05) is 30.6 Å². The molecule has 0 fully saturated rings. The lowest BCUT2D eigenvalue weighted by molar-refractivity contribution is 1.33. The topological polar surface area (TPSA) is 51.3 Å². The second-order valence-corrected chi connectivity index (χ2v) is 3.43. The van der Waals surface area contributed by atoms with E-state index in [9.17, 15) is 0 Å². The first-order valence-electron chi connectivity index (χ1n) is 5.04. The van der Waals surface area contributed by atoms with Crippen molar-refractivity contribution in [1.82, 2.24) is 4.98 Å². The molecule has 0 saturated carbocycles. The SMILES string of the molecule is CN=C(N)c1cccc(-c2cccnc2)c1. The molecule has 0 bridgehead atoms. The van der Waals surface area contributed by atoms with Crippen LogP contribution in [0.2, 0.25) is 0 Å². The summed E-state index contributed by atoms with van der Waals surface area (Å²) in [6.07, 6.45) is 3.59. The molecule has 0 saturated heterocycles. The fraction of sp³-hybridized carbons (Fsp3) is 0.0769. The minimum atomic E-state index is 0.547. The van der Waals surface area contributed by atoms with E-state index in [4.69, 9.17) is 5.73 Å². The summed E-state index contributed by atoms with van der Waals surface area (Å²) < 4.78 is 0. The first-order chi connectivity index (χ1) is 7.81. The number of nitrogens with zero attached hydrogens (tertiary/aromatic N) is 2. The highest BCUT2D eigenvalue weighted by Gasteiger charge is 2.01. The van der Waals surface area contributed by atoms with Crippen LogP contribution in [0.25, 0.3) is 11.1 Å². The molecule has 0 aliphatic rings. The van der Waals surface area contributed by atoms with Gasteiger partial charge in [-0.15, -0.1) is 0 Å². The standard InChI is InChI=1S/C13H13N3/c1-15-13(14)11-5-2-4-10(8-11)12-6-3-7-16-9-12/h2-9H,1H3,(H2,14,15). The lowest BCUT2D eigenvalue weighted by Gasteiger charge is -2.04. The van der Waals surface area contributed by atoms with Crippen molar-refractivity contribution in [2.75, 3.05) is 7.05 Å². The molecule has 0 atom stereocenters. The predicted octanol–water partition coefficient (Wildman–Crippen LogP) is 2.08. The minimum Gasteiger partial charge on any atom is -0.384 e. The number of rotatable bonds is 2. The van der Waals surface area contributed by atoms with Crippen LogP contribution in [0.5, 0.6) is 0 Å². The Hall–Kier alpha value is -2.16. The highest BCUT2D eigenvalue weighted by Crippen LogP contribution is 2.18. The fourth-order valence-electron chi connectivity index (χ4n) is 1.52. The summed E-state index contributed by atoms with van der Waals surface area (Å²) in [5.74, 6) is 0.547. The van der Waals surface area contributed by atoms with Gasteiger partial charge in [-0.25, -0.2) is 0 Å². The van der Waals surface area contributed by atoms with Gasteiger partial charge in [0.15, 0.2) is 0 Å². The third-order valence-electron chi connectivity index (χ3n) is 2.39. The molecule has 3 nitrogen and oxygen atoms in total. The number of amidine groups is 1. The number of aromatic nitrogens is 1. The van der Waals surface area contributed by atoms with Gasteiger partial charge in [-0.2, -0.15) is 0 Å². The lowest BCUT2D eigenvalue weighted by Crippen LogP contribution is -2.12. The Morgan fingerprint density at radius 3 is 2.69 bits per heavy atom. The molecule has 1 aromatic heterocycles. The molecule has 0 aliphatic carbocycles. The van der Waals surface area contributed by atoms with Crippen molar-refractivity contribution >= 4 is 5.84 Å². The van der Waals surface area contributed by atoms with E-state index in [1.807, 2.05) is 42.6 Å². The molecular weight excluding hydrogens is 198 g/mol. The summed E-state index contributed by atoms with van der Waals surface area (Å²) >= 11 is 0. The molecule has 2 N–H and O–H groups in total.